The molecule has 0 saturated heterocycles. The molecule has 0 aromatic heterocycles. The molecule has 6 nitrogen and oxygen atoms in total. The molecule has 0 unspecified atom stereocenters. The van der Waals surface area contributed by atoms with Gasteiger partial charge in [0.1, 0.15) is 5.78 Å². The smallest absolute Gasteiger partial charge is 0.332 e. The van der Waals surface area contributed by atoms with Gasteiger partial charge in [0.25, 0.3) is 0 Å². The van der Waals surface area contributed by atoms with E-state index in [9.17, 15) is 14.4 Å². The van der Waals surface area contributed by atoms with Gasteiger partial charge in [0.2, 0.25) is 0 Å². The summed E-state index contributed by atoms with van der Waals surface area (Å²) in [6.07, 6.45) is 0.696. The van der Waals surface area contributed by atoms with Crippen molar-refractivity contribution in [1.82, 2.24) is 0 Å². The Hall–Kier alpha value is -1.69. The van der Waals surface area contributed by atoms with E-state index in [2.05, 4.69) is 0 Å². The molecule has 0 radical (unpaired) electrons. The Morgan fingerprint density at radius 3 is 2.10 bits per heavy atom. The molecule has 0 fully saturated rings. The van der Waals surface area contributed by atoms with E-state index in [-0.39, 0.29) is 30.8 Å². The summed E-state index contributed by atoms with van der Waals surface area (Å²) in [5.41, 5.74) is 0.147. The van der Waals surface area contributed by atoms with E-state index in [1.54, 1.807) is 6.92 Å². The third kappa shape index (κ3) is 7.68. The van der Waals surface area contributed by atoms with E-state index in [1.807, 2.05) is 6.92 Å². The Labute approximate surface area is 118 Å². The summed E-state index contributed by atoms with van der Waals surface area (Å²) < 4.78 is 5.15. The number of hydrogen-bond donors (Lipinski definition) is 2. The average molecular weight is 286 g/mol. The fourth-order valence-electron chi connectivity index (χ4n) is 1.79. The quantitative estimate of drug-likeness (QED) is 0.445. The highest BCUT2D eigenvalue weighted by Gasteiger charge is 2.19. The van der Waals surface area contributed by atoms with Crippen molar-refractivity contribution in [1.29, 1.82) is 0 Å². The Bertz CT molecular complexity index is 383. The summed E-state index contributed by atoms with van der Waals surface area (Å²) in [6, 6.07) is 0. The van der Waals surface area contributed by atoms with Crippen molar-refractivity contribution in [3.63, 3.8) is 0 Å². The number of aliphatic carboxylic acids is 2. The Morgan fingerprint density at radius 2 is 1.65 bits per heavy atom. The van der Waals surface area contributed by atoms with Crippen LogP contribution in [0.2, 0.25) is 0 Å². The molecule has 0 aliphatic rings. The standard InChI is InChI=1S/C14H22O6/c1-3-5-11(15)8-10(6-7-20-4-2)12(14(18)19)9-13(16)17/h3-9H2,1-2H3,(H,16,17)(H,18,19). The molecule has 0 aliphatic heterocycles. The minimum absolute atomic E-state index is 0.0180. The van der Waals surface area contributed by atoms with E-state index in [0.717, 1.165) is 0 Å². The maximum atomic E-state index is 11.7. The lowest BCUT2D eigenvalue weighted by Crippen LogP contribution is -2.13. The Kier molecular flexibility index (Phi) is 9.28. The molecular formula is C14H22O6. The molecular weight excluding hydrogens is 264 g/mol. The van der Waals surface area contributed by atoms with Gasteiger partial charge in [0.05, 0.1) is 13.0 Å². The highest BCUT2D eigenvalue weighted by atomic mass is 16.5. The molecule has 0 atom stereocenters. The van der Waals surface area contributed by atoms with Gasteiger partial charge < -0.3 is 14.9 Å². The van der Waals surface area contributed by atoms with Gasteiger partial charge in [-0.2, -0.15) is 0 Å². The van der Waals surface area contributed by atoms with E-state index in [1.165, 1.54) is 0 Å². The van der Waals surface area contributed by atoms with Crippen LogP contribution in [0.25, 0.3) is 0 Å². The van der Waals surface area contributed by atoms with Crippen LogP contribution in [0, 0.1) is 0 Å². The molecule has 0 aromatic rings. The second kappa shape index (κ2) is 10.1. The third-order valence-electron chi connectivity index (χ3n) is 2.70. The molecule has 0 heterocycles. The molecule has 6 heteroatoms. The van der Waals surface area contributed by atoms with Crippen molar-refractivity contribution in [3.8, 4) is 0 Å². The van der Waals surface area contributed by atoms with Crippen LogP contribution in [0.4, 0.5) is 0 Å². The van der Waals surface area contributed by atoms with Crippen molar-refractivity contribution in [2.75, 3.05) is 13.2 Å². The second-order valence-corrected chi connectivity index (χ2v) is 4.37. The summed E-state index contributed by atoms with van der Waals surface area (Å²) in [4.78, 5) is 33.6. The molecule has 0 amide bonds. The summed E-state index contributed by atoms with van der Waals surface area (Å²) in [6.45, 7) is 4.43. The van der Waals surface area contributed by atoms with E-state index < -0.39 is 18.4 Å². The summed E-state index contributed by atoms with van der Waals surface area (Å²) in [5, 5.41) is 17.9. The number of ether oxygens (including phenoxy) is 1. The molecule has 0 aliphatic carbocycles. The maximum absolute atomic E-state index is 11.7. The SMILES string of the molecule is CCCC(=O)CC(CCOCC)=C(CC(=O)O)C(=O)O. The summed E-state index contributed by atoms with van der Waals surface area (Å²) in [5.74, 6) is -2.59. The lowest BCUT2D eigenvalue weighted by Gasteiger charge is -2.11. The van der Waals surface area contributed by atoms with Crippen molar-refractivity contribution < 1.29 is 29.3 Å². The third-order valence-corrected chi connectivity index (χ3v) is 2.70. The molecule has 0 saturated carbocycles. The van der Waals surface area contributed by atoms with Crippen molar-refractivity contribution >= 4 is 17.7 Å². The highest BCUT2D eigenvalue weighted by Crippen LogP contribution is 2.19. The zero-order valence-corrected chi connectivity index (χ0v) is 12.0. The average Bonchev–Trinajstić information content (AvgIpc) is 2.35. The Morgan fingerprint density at radius 1 is 1.00 bits per heavy atom. The van der Waals surface area contributed by atoms with Crippen LogP contribution in [-0.2, 0) is 19.1 Å². The van der Waals surface area contributed by atoms with Crippen LogP contribution in [0.1, 0.15) is 46.0 Å². The molecule has 114 valence electrons. The number of ketones is 1. The van der Waals surface area contributed by atoms with Gasteiger partial charge >= 0.3 is 11.9 Å². The second-order valence-electron chi connectivity index (χ2n) is 4.37. The van der Waals surface area contributed by atoms with Crippen LogP contribution >= 0.6 is 0 Å². The topological polar surface area (TPSA) is 101 Å². The molecule has 20 heavy (non-hydrogen) atoms. The zero-order chi connectivity index (χ0) is 15.5. The molecule has 0 spiro atoms. The minimum Gasteiger partial charge on any atom is -0.481 e. The number of carboxylic acid groups (broad SMARTS) is 2. The normalized spacial score (nSPS) is 11.9. The number of carbonyl (C=O) groups excluding carboxylic acids is 1. The number of carboxylic acids is 2. The van der Waals surface area contributed by atoms with Crippen LogP contribution < -0.4 is 0 Å². The molecule has 0 aromatic carbocycles. The maximum Gasteiger partial charge on any atom is 0.332 e. The first-order valence-electron chi connectivity index (χ1n) is 6.67. The summed E-state index contributed by atoms with van der Waals surface area (Å²) >= 11 is 0. The first kappa shape index (κ1) is 18.3. The van der Waals surface area contributed by atoms with Gasteiger partial charge in [-0.15, -0.1) is 0 Å². The predicted octanol–water partition coefficient (Wildman–Crippen LogP) is 2.03. The van der Waals surface area contributed by atoms with Gasteiger partial charge in [-0.1, -0.05) is 6.92 Å². The van der Waals surface area contributed by atoms with E-state index in [0.29, 0.717) is 25.0 Å². The molecule has 2 N–H and O–H groups in total. The fourth-order valence-corrected chi connectivity index (χ4v) is 1.79. The van der Waals surface area contributed by atoms with Gasteiger partial charge in [-0.3, -0.25) is 9.59 Å². The van der Waals surface area contributed by atoms with Crippen LogP contribution in [0.3, 0.4) is 0 Å². The number of Topliss-reactive ketones (excluding diaryl/α,β-unsaturated/α-hetero) is 1. The minimum atomic E-state index is -1.29. The number of carbonyl (C=O) groups is 3. The van der Waals surface area contributed by atoms with Crippen molar-refractivity contribution in [3.05, 3.63) is 11.1 Å². The zero-order valence-electron chi connectivity index (χ0n) is 12.0. The van der Waals surface area contributed by atoms with Crippen LogP contribution in [0.15, 0.2) is 11.1 Å². The largest absolute Gasteiger partial charge is 0.481 e. The summed E-state index contributed by atoms with van der Waals surface area (Å²) in [7, 11) is 0. The van der Waals surface area contributed by atoms with Gasteiger partial charge in [-0.05, 0) is 25.3 Å². The first-order chi connectivity index (χ1) is 9.42. The number of rotatable bonds is 11. The number of hydrogen-bond acceptors (Lipinski definition) is 4. The van der Waals surface area contributed by atoms with Crippen molar-refractivity contribution in [2.45, 2.75) is 46.0 Å². The Balaban J connectivity index is 5.12. The lowest BCUT2D eigenvalue weighted by atomic mass is 9.96. The lowest BCUT2D eigenvalue weighted by molar-refractivity contribution is -0.139. The van der Waals surface area contributed by atoms with Gasteiger partial charge in [0.15, 0.2) is 0 Å². The van der Waals surface area contributed by atoms with Gasteiger partial charge in [0, 0.05) is 25.0 Å². The molecule has 0 bridgehead atoms. The highest BCUT2D eigenvalue weighted by molar-refractivity contribution is 5.94. The van der Waals surface area contributed by atoms with Crippen LogP contribution in [-0.4, -0.2) is 41.1 Å². The van der Waals surface area contributed by atoms with Crippen LogP contribution in [0.5, 0.6) is 0 Å². The van der Waals surface area contributed by atoms with Gasteiger partial charge in [-0.25, -0.2) is 4.79 Å². The predicted molar refractivity (Wildman–Crippen MR) is 72.6 cm³/mol. The van der Waals surface area contributed by atoms with E-state index in [4.69, 9.17) is 14.9 Å². The van der Waals surface area contributed by atoms with Crippen molar-refractivity contribution in [2.24, 2.45) is 0 Å². The molecule has 0 rings (SSSR count). The fraction of sp³-hybridized carbons (Fsp3) is 0.643. The van der Waals surface area contributed by atoms with E-state index >= 15 is 0 Å². The monoisotopic (exact) mass is 286 g/mol. The first-order valence-corrected chi connectivity index (χ1v) is 6.67.